The summed E-state index contributed by atoms with van der Waals surface area (Å²) in [5.41, 5.74) is 7.25. The summed E-state index contributed by atoms with van der Waals surface area (Å²) in [5, 5.41) is 29.3. The molecule has 0 radical (unpaired) electrons. The van der Waals surface area contributed by atoms with Gasteiger partial charge in [0, 0.05) is 10.8 Å². The number of benzene rings is 2. The Kier molecular flexibility index (Phi) is 8.69. The fourth-order valence-electron chi connectivity index (χ4n) is 4.17. The number of nitrogens with two attached hydrogens (primary N) is 1. The number of nitrogens with one attached hydrogen (secondary N) is 1. The standard InChI is InChI=1S/C16H19N3O4S.C10H10O4/c1-16(2)11(15(22)23)19-13(21)10(14(19)24-16)18-12(20)9(17)8-6-4-3-5-7-8;1-14-9-6-7(2-4-8(9)11)3-5-10(12)13/h3-7,9-11,14H,17H2,1-2H3,(H,18,20)(H,22,23);2-6,11H,1H3,(H,12,13)/b;5-3+/t9-,10?,11?,14?;/m0./s1. The minimum absolute atomic E-state index is 0.0278. The van der Waals surface area contributed by atoms with Gasteiger partial charge in [-0.1, -0.05) is 36.4 Å². The molecule has 0 spiro atoms. The summed E-state index contributed by atoms with van der Waals surface area (Å²) >= 11 is 1.38. The van der Waals surface area contributed by atoms with Crippen molar-refractivity contribution in [2.45, 2.75) is 42.1 Å². The summed E-state index contributed by atoms with van der Waals surface area (Å²) < 4.78 is 4.24. The van der Waals surface area contributed by atoms with Crippen molar-refractivity contribution in [1.82, 2.24) is 10.2 Å². The number of carboxylic acid groups (broad SMARTS) is 2. The largest absolute Gasteiger partial charge is 0.504 e. The van der Waals surface area contributed by atoms with E-state index in [9.17, 15) is 29.4 Å². The van der Waals surface area contributed by atoms with Gasteiger partial charge in [0.25, 0.3) is 0 Å². The van der Waals surface area contributed by atoms with Crippen LogP contribution < -0.4 is 15.8 Å². The smallest absolute Gasteiger partial charge is 0.328 e. The number of phenols is 1. The van der Waals surface area contributed by atoms with Crippen LogP contribution in [0.15, 0.2) is 54.6 Å². The zero-order chi connectivity index (χ0) is 28.2. The number of phenolic OH excluding ortho intramolecular Hbond substituents is 1. The normalized spacial score (nSPS) is 21.9. The summed E-state index contributed by atoms with van der Waals surface area (Å²) in [5.74, 6) is -2.53. The minimum Gasteiger partial charge on any atom is -0.504 e. The van der Waals surface area contributed by atoms with Crippen molar-refractivity contribution in [3.63, 3.8) is 0 Å². The highest BCUT2D eigenvalue weighted by molar-refractivity contribution is 8.01. The van der Waals surface area contributed by atoms with Crippen LogP contribution in [-0.4, -0.2) is 73.3 Å². The molecule has 4 rings (SSSR count). The van der Waals surface area contributed by atoms with E-state index in [1.807, 2.05) is 6.07 Å². The van der Waals surface area contributed by atoms with Gasteiger partial charge in [-0.25, -0.2) is 9.59 Å². The number of carbonyl (C=O) groups excluding carboxylic acids is 2. The van der Waals surface area contributed by atoms with Gasteiger partial charge in [0.05, 0.1) is 7.11 Å². The number of hydrogen-bond donors (Lipinski definition) is 5. The van der Waals surface area contributed by atoms with Crippen molar-refractivity contribution < 1.29 is 39.2 Å². The highest BCUT2D eigenvalue weighted by atomic mass is 32.2. The van der Waals surface area contributed by atoms with Crippen LogP contribution in [0.5, 0.6) is 11.5 Å². The lowest BCUT2D eigenvalue weighted by atomic mass is 9.95. The Labute approximate surface area is 223 Å². The molecular formula is C26H29N3O8S. The zero-order valence-corrected chi connectivity index (χ0v) is 21.7. The SMILES string of the molecule is CC1(C)SC2C(NC(=O)[C@@H](N)c3ccccc3)C(=O)N2C1C(=O)O.COc1cc(/C=C/C(=O)O)ccc1O. The van der Waals surface area contributed by atoms with E-state index in [0.29, 0.717) is 16.9 Å². The molecule has 2 aromatic rings. The summed E-state index contributed by atoms with van der Waals surface area (Å²) in [6.45, 7) is 3.58. The van der Waals surface area contributed by atoms with E-state index in [4.69, 9.17) is 15.6 Å². The van der Waals surface area contributed by atoms with E-state index >= 15 is 0 Å². The maximum atomic E-state index is 12.3. The second-order valence-corrected chi connectivity index (χ2v) is 10.8. The topological polar surface area (TPSA) is 179 Å². The molecule has 2 aliphatic heterocycles. The number of fused-ring (bicyclic) bond motifs is 1. The first-order valence-electron chi connectivity index (χ1n) is 11.5. The van der Waals surface area contributed by atoms with Crippen LogP contribution in [0.3, 0.4) is 0 Å². The summed E-state index contributed by atoms with van der Waals surface area (Å²) in [4.78, 5) is 47.7. The number of hydrogen-bond acceptors (Lipinski definition) is 8. The van der Waals surface area contributed by atoms with E-state index < -0.39 is 40.7 Å². The highest BCUT2D eigenvalue weighted by Gasteiger charge is 2.64. The molecule has 38 heavy (non-hydrogen) atoms. The van der Waals surface area contributed by atoms with Crippen LogP contribution in [-0.2, 0) is 19.2 Å². The quantitative estimate of drug-likeness (QED) is 0.255. The number of carbonyl (C=O) groups is 4. The second kappa shape index (κ2) is 11.6. The molecule has 2 aromatic carbocycles. The monoisotopic (exact) mass is 543 g/mol. The Bertz CT molecular complexity index is 1250. The predicted molar refractivity (Wildman–Crippen MR) is 140 cm³/mol. The van der Waals surface area contributed by atoms with Crippen LogP contribution >= 0.6 is 11.8 Å². The first kappa shape index (κ1) is 28.5. The number of carboxylic acids is 2. The zero-order valence-electron chi connectivity index (χ0n) is 20.9. The molecule has 12 heteroatoms. The van der Waals surface area contributed by atoms with Crippen molar-refractivity contribution >= 4 is 41.6 Å². The molecule has 0 aromatic heterocycles. The number of rotatable bonds is 7. The average molecular weight is 544 g/mol. The molecule has 4 atom stereocenters. The van der Waals surface area contributed by atoms with E-state index in [2.05, 4.69) is 5.32 Å². The lowest BCUT2D eigenvalue weighted by Gasteiger charge is -2.43. The number of methoxy groups -OCH3 is 1. The maximum Gasteiger partial charge on any atom is 0.328 e. The van der Waals surface area contributed by atoms with Gasteiger partial charge in [0.1, 0.15) is 23.5 Å². The summed E-state index contributed by atoms with van der Waals surface area (Å²) in [6, 6.07) is 11.0. The van der Waals surface area contributed by atoms with Crippen molar-refractivity contribution in [1.29, 1.82) is 0 Å². The molecule has 2 amide bonds. The molecular weight excluding hydrogens is 514 g/mol. The number of aromatic hydroxyl groups is 1. The van der Waals surface area contributed by atoms with E-state index in [-0.39, 0.29) is 17.0 Å². The molecule has 2 saturated heterocycles. The number of ether oxygens (including phenoxy) is 1. The Morgan fingerprint density at radius 1 is 1.16 bits per heavy atom. The maximum absolute atomic E-state index is 12.3. The lowest BCUT2D eigenvalue weighted by Crippen LogP contribution is -2.71. The number of aliphatic carboxylic acids is 2. The molecule has 2 fully saturated rings. The number of nitrogens with zero attached hydrogens (tertiary/aromatic N) is 1. The molecule has 2 heterocycles. The first-order valence-corrected chi connectivity index (χ1v) is 12.4. The van der Waals surface area contributed by atoms with Crippen LogP contribution in [0.2, 0.25) is 0 Å². The predicted octanol–water partition coefficient (Wildman–Crippen LogP) is 1.82. The van der Waals surface area contributed by atoms with Crippen molar-refractivity contribution in [2.75, 3.05) is 7.11 Å². The van der Waals surface area contributed by atoms with Gasteiger partial charge < -0.3 is 36.0 Å². The lowest BCUT2D eigenvalue weighted by molar-refractivity contribution is -0.161. The number of amides is 2. The van der Waals surface area contributed by atoms with Crippen molar-refractivity contribution in [2.24, 2.45) is 5.73 Å². The van der Waals surface area contributed by atoms with Crippen LogP contribution in [0.25, 0.3) is 6.08 Å². The Morgan fingerprint density at radius 3 is 2.39 bits per heavy atom. The molecule has 0 saturated carbocycles. The highest BCUT2D eigenvalue weighted by Crippen LogP contribution is 2.50. The molecule has 0 bridgehead atoms. The first-order chi connectivity index (χ1) is 17.9. The second-order valence-electron chi connectivity index (χ2n) is 9.08. The van der Waals surface area contributed by atoms with Gasteiger partial charge in [-0.05, 0) is 43.2 Å². The van der Waals surface area contributed by atoms with Gasteiger partial charge in [-0.2, -0.15) is 0 Å². The van der Waals surface area contributed by atoms with E-state index in [0.717, 1.165) is 6.08 Å². The van der Waals surface area contributed by atoms with Crippen LogP contribution in [0, 0.1) is 0 Å². The Balaban J connectivity index is 0.000000244. The third kappa shape index (κ3) is 6.09. The Morgan fingerprint density at radius 2 is 1.82 bits per heavy atom. The van der Waals surface area contributed by atoms with E-state index in [1.165, 1.54) is 35.9 Å². The Hall–Kier alpha value is -4.03. The van der Waals surface area contributed by atoms with Crippen LogP contribution in [0.4, 0.5) is 0 Å². The molecule has 2 aliphatic rings. The third-order valence-electron chi connectivity index (χ3n) is 6.04. The molecule has 3 unspecified atom stereocenters. The van der Waals surface area contributed by atoms with Gasteiger partial charge in [-0.15, -0.1) is 11.8 Å². The summed E-state index contributed by atoms with van der Waals surface area (Å²) in [7, 11) is 1.43. The van der Waals surface area contributed by atoms with Gasteiger partial charge in [0.15, 0.2) is 11.5 Å². The summed E-state index contributed by atoms with van der Waals surface area (Å²) in [6.07, 6.45) is 2.44. The molecule has 0 aliphatic carbocycles. The fraction of sp³-hybridized carbons (Fsp3) is 0.308. The molecule has 202 valence electrons. The van der Waals surface area contributed by atoms with Gasteiger partial charge in [0.2, 0.25) is 11.8 Å². The number of thioether (sulfide) groups is 1. The van der Waals surface area contributed by atoms with Crippen molar-refractivity contribution in [3.05, 3.63) is 65.7 Å². The molecule has 11 nitrogen and oxygen atoms in total. The van der Waals surface area contributed by atoms with Crippen molar-refractivity contribution in [3.8, 4) is 11.5 Å². The van der Waals surface area contributed by atoms with Gasteiger partial charge >= 0.3 is 11.9 Å². The van der Waals surface area contributed by atoms with Gasteiger partial charge in [-0.3, -0.25) is 9.59 Å². The van der Waals surface area contributed by atoms with E-state index in [1.54, 1.807) is 50.2 Å². The average Bonchev–Trinajstić information content (AvgIpc) is 3.14. The molecule has 6 N–H and O–H groups in total. The fourth-order valence-corrected chi connectivity index (χ4v) is 5.79. The third-order valence-corrected chi connectivity index (χ3v) is 7.61. The number of β-lactam (4-membered cyclic amide) rings is 1. The van der Waals surface area contributed by atoms with Crippen LogP contribution in [0.1, 0.15) is 31.0 Å². The minimum atomic E-state index is -1.03.